The number of carbonyl (C=O) groups is 1. The summed E-state index contributed by atoms with van der Waals surface area (Å²) in [5.74, 6) is -0.0312. The highest BCUT2D eigenvalue weighted by molar-refractivity contribution is 5.96. The van der Waals surface area contributed by atoms with Crippen LogP contribution in [-0.2, 0) is 21.6 Å². The van der Waals surface area contributed by atoms with Crippen LogP contribution >= 0.6 is 0 Å². The smallest absolute Gasteiger partial charge is 0.274 e. The average molecular weight is 410 g/mol. The van der Waals surface area contributed by atoms with Crippen LogP contribution in [0.15, 0.2) is 41.2 Å². The number of hydrogen-bond donors (Lipinski definition) is 0. The van der Waals surface area contributed by atoms with E-state index in [0.29, 0.717) is 24.5 Å². The number of fused-ring (bicyclic) bond motifs is 1. The topological polar surface area (TPSA) is 70.0 Å². The molecule has 2 bridgehead atoms. The Morgan fingerprint density at radius 3 is 2.63 bits per heavy atom. The fourth-order valence-corrected chi connectivity index (χ4v) is 5.47. The van der Waals surface area contributed by atoms with Gasteiger partial charge in [-0.2, -0.15) is 0 Å². The molecule has 2 aromatic rings. The number of amides is 1. The summed E-state index contributed by atoms with van der Waals surface area (Å²) in [4.78, 5) is 28.4. The number of nitrogens with zero attached hydrogens (tertiary/aromatic N) is 2. The van der Waals surface area contributed by atoms with E-state index in [4.69, 9.17) is 14.2 Å². The number of pyridine rings is 1. The molecule has 7 nitrogen and oxygen atoms in total. The van der Waals surface area contributed by atoms with Crippen LogP contribution < -0.4 is 10.2 Å². The zero-order valence-corrected chi connectivity index (χ0v) is 17.3. The second kappa shape index (κ2) is 7.25. The largest absolute Gasteiger partial charge is 0.483 e. The molecular weight excluding hydrogens is 384 g/mol. The van der Waals surface area contributed by atoms with E-state index in [1.54, 1.807) is 20.3 Å². The maximum atomic E-state index is 13.5. The molecule has 30 heavy (non-hydrogen) atoms. The minimum absolute atomic E-state index is 0.121. The van der Waals surface area contributed by atoms with E-state index < -0.39 is 11.6 Å². The lowest BCUT2D eigenvalue weighted by Crippen LogP contribution is -2.57. The first-order valence-corrected chi connectivity index (χ1v) is 10.4. The Hall–Kier alpha value is -2.64. The molecule has 1 fully saturated rings. The molecule has 0 N–H and O–H groups in total. The van der Waals surface area contributed by atoms with Crippen molar-refractivity contribution >= 4 is 5.91 Å². The molecular formula is C23H26N2O5. The van der Waals surface area contributed by atoms with Gasteiger partial charge in [-0.15, -0.1) is 0 Å². The Bertz CT molecular complexity index is 1030. The van der Waals surface area contributed by atoms with Gasteiger partial charge in [-0.1, -0.05) is 30.3 Å². The molecule has 3 aliphatic rings. The molecule has 1 amide bonds. The summed E-state index contributed by atoms with van der Waals surface area (Å²) >= 11 is 0. The Balaban J connectivity index is 1.70. The minimum atomic E-state index is -0.455. The summed E-state index contributed by atoms with van der Waals surface area (Å²) in [5, 5.41) is 0. The van der Waals surface area contributed by atoms with Gasteiger partial charge >= 0.3 is 0 Å². The zero-order chi connectivity index (χ0) is 20.9. The van der Waals surface area contributed by atoms with Crippen LogP contribution in [0.2, 0.25) is 0 Å². The van der Waals surface area contributed by atoms with E-state index in [1.165, 1.54) is 0 Å². The number of methoxy groups -OCH3 is 2. The molecule has 7 heteroatoms. The number of ether oxygens (including phenoxy) is 3. The van der Waals surface area contributed by atoms with E-state index in [2.05, 4.69) is 0 Å². The van der Waals surface area contributed by atoms with Crippen molar-refractivity contribution in [1.82, 2.24) is 9.47 Å². The molecule has 4 heterocycles. The first kappa shape index (κ1) is 19.3. The Kier molecular flexibility index (Phi) is 4.67. The fourth-order valence-electron chi connectivity index (χ4n) is 5.47. The summed E-state index contributed by atoms with van der Waals surface area (Å²) in [6.45, 7) is 1.46. The van der Waals surface area contributed by atoms with Crippen molar-refractivity contribution in [3.8, 4) is 5.75 Å². The summed E-state index contributed by atoms with van der Waals surface area (Å²) in [5.41, 5.74) is 1.22. The first-order valence-electron chi connectivity index (χ1n) is 10.4. The number of aromatic nitrogens is 1. The van der Waals surface area contributed by atoms with E-state index in [9.17, 15) is 9.59 Å². The molecule has 3 unspecified atom stereocenters. The maximum Gasteiger partial charge on any atom is 0.274 e. The van der Waals surface area contributed by atoms with Crippen molar-refractivity contribution < 1.29 is 19.0 Å². The molecule has 0 radical (unpaired) electrons. The number of benzene rings is 1. The Morgan fingerprint density at radius 1 is 1.10 bits per heavy atom. The van der Waals surface area contributed by atoms with E-state index in [-0.39, 0.29) is 29.8 Å². The molecule has 3 atom stereocenters. The van der Waals surface area contributed by atoms with E-state index in [0.717, 1.165) is 24.8 Å². The molecule has 1 aromatic heterocycles. The lowest BCUT2D eigenvalue weighted by molar-refractivity contribution is -0.0817. The average Bonchev–Trinajstić information content (AvgIpc) is 2.88. The Morgan fingerprint density at radius 2 is 1.90 bits per heavy atom. The summed E-state index contributed by atoms with van der Waals surface area (Å²) < 4.78 is 19.7. The second-order valence-corrected chi connectivity index (χ2v) is 8.32. The van der Waals surface area contributed by atoms with E-state index in [1.807, 2.05) is 39.8 Å². The fraction of sp³-hybridized carbons (Fsp3) is 0.478. The molecule has 1 saturated heterocycles. The van der Waals surface area contributed by atoms with Crippen LogP contribution in [0.4, 0.5) is 0 Å². The lowest BCUT2D eigenvalue weighted by atomic mass is 9.85. The van der Waals surface area contributed by atoms with Gasteiger partial charge in [-0.05, 0) is 24.8 Å². The predicted octanol–water partition coefficient (Wildman–Crippen LogP) is 2.48. The molecule has 1 spiro atoms. The van der Waals surface area contributed by atoms with Gasteiger partial charge < -0.3 is 23.7 Å². The Labute approximate surface area is 175 Å². The van der Waals surface area contributed by atoms with Gasteiger partial charge in [0.25, 0.3) is 5.91 Å². The maximum absolute atomic E-state index is 13.5. The number of carbonyl (C=O) groups excluding carboxylic acids is 1. The molecule has 158 valence electrons. The van der Waals surface area contributed by atoms with Crippen LogP contribution in [0, 0.1) is 0 Å². The van der Waals surface area contributed by atoms with Gasteiger partial charge in [0, 0.05) is 33.4 Å². The van der Waals surface area contributed by atoms with Gasteiger partial charge in [0.05, 0.1) is 11.2 Å². The third kappa shape index (κ3) is 2.65. The van der Waals surface area contributed by atoms with Gasteiger partial charge in [-0.3, -0.25) is 9.59 Å². The first-order chi connectivity index (χ1) is 14.6. The highest BCUT2D eigenvalue weighted by Gasteiger charge is 2.59. The normalized spacial score (nSPS) is 27.0. The van der Waals surface area contributed by atoms with Crippen LogP contribution in [0.5, 0.6) is 5.75 Å². The molecule has 0 saturated carbocycles. The van der Waals surface area contributed by atoms with Crippen molar-refractivity contribution in [3.05, 3.63) is 63.6 Å². The molecule has 0 aliphatic carbocycles. The second-order valence-electron chi connectivity index (χ2n) is 8.32. The number of rotatable bonds is 5. The lowest BCUT2D eigenvalue weighted by Gasteiger charge is -2.44. The molecule has 3 aliphatic heterocycles. The third-order valence-electron chi connectivity index (χ3n) is 6.72. The van der Waals surface area contributed by atoms with Gasteiger partial charge in [0.15, 0.2) is 11.4 Å². The SMILES string of the molecule is COC1c2cc(=O)c(OCc3ccccc3)c3n2C2(CCCCN(C2)C3=O)C1OC. The van der Waals surface area contributed by atoms with Gasteiger partial charge in [-0.25, -0.2) is 0 Å². The van der Waals surface area contributed by atoms with Crippen molar-refractivity contribution in [3.63, 3.8) is 0 Å². The van der Waals surface area contributed by atoms with Crippen molar-refractivity contribution in [2.24, 2.45) is 0 Å². The molecule has 5 rings (SSSR count). The van der Waals surface area contributed by atoms with E-state index >= 15 is 0 Å². The minimum Gasteiger partial charge on any atom is -0.483 e. The van der Waals surface area contributed by atoms with Crippen LogP contribution in [0.25, 0.3) is 0 Å². The standard InChI is InChI=1S/C23H26N2O5/c1-28-19-16-12-17(26)20(30-13-15-8-4-3-5-9-15)18-22(27)24-11-7-6-10-23(14-24,25(16)18)21(19)29-2/h3-5,8-9,12,19,21H,6-7,10-11,13-14H2,1-2H3. The van der Waals surface area contributed by atoms with Crippen molar-refractivity contribution in [2.75, 3.05) is 27.3 Å². The van der Waals surface area contributed by atoms with Crippen molar-refractivity contribution in [2.45, 2.75) is 43.6 Å². The van der Waals surface area contributed by atoms with Crippen LogP contribution in [-0.4, -0.2) is 48.8 Å². The molecule has 1 aromatic carbocycles. The predicted molar refractivity (Wildman–Crippen MR) is 110 cm³/mol. The monoisotopic (exact) mass is 410 g/mol. The quantitative estimate of drug-likeness (QED) is 0.758. The van der Waals surface area contributed by atoms with Gasteiger partial charge in [0.2, 0.25) is 5.43 Å². The highest BCUT2D eigenvalue weighted by atomic mass is 16.5. The summed E-state index contributed by atoms with van der Waals surface area (Å²) in [7, 11) is 3.30. The third-order valence-corrected chi connectivity index (χ3v) is 6.72. The number of hydrogen-bond acceptors (Lipinski definition) is 5. The van der Waals surface area contributed by atoms with Crippen LogP contribution in [0.1, 0.15) is 47.1 Å². The highest BCUT2D eigenvalue weighted by Crippen LogP contribution is 2.50. The van der Waals surface area contributed by atoms with Gasteiger partial charge in [0.1, 0.15) is 18.8 Å². The summed E-state index contributed by atoms with van der Waals surface area (Å²) in [6, 6.07) is 11.2. The zero-order valence-electron chi connectivity index (χ0n) is 17.3. The van der Waals surface area contributed by atoms with Crippen LogP contribution in [0.3, 0.4) is 0 Å². The van der Waals surface area contributed by atoms with Crippen molar-refractivity contribution in [1.29, 1.82) is 0 Å². The summed E-state index contributed by atoms with van der Waals surface area (Å²) in [6.07, 6.45) is 2.08.